The van der Waals surface area contributed by atoms with E-state index in [-0.39, 0.29) is 5.41 Å². The Hall–Kier alpha value is -2.08. The Balaban J connectivity index is 1.40. The standard InChI is InChI=1S/C20H29N3O3/c1-2-10-23-13-9-20(19(23)25)8-12-22(15-20)11-3-14-26-17-6-4-16(5-7-17)18(21)24/h4-7H,2-3,8-15H2,1H3,(H2,21,24). The summed E-state index contributed by atoms with van der Waals surface area (Å²) >= 11 is 0. The summed E-state index contributed by atoms with van der Waals surface area (Å²) in [5.41, 5.74) is 5.59. The van der Waals surface area contributed by atoms with Crippen LogP contribution in [0.2, 0.25) is 0 Å². The van der Waals surface area contributed by atoms with Crippen molar-refractivity contribution in [1.29, 1.82) is 0 Å². The summed E-state index contributed by atoms with van der Waals surface area (Å²) in [6.07, 6.45) is 3.94. The van der Waals surface area contributed by atoms with Gasteiger partial charge in [0.1, 0.15) is 5.75 Å². The SMILES string of the molecule is CCCN1CCC2(CCN(CCCOc3ccc(C(N)=O)cc3)C2)C1=O. The van der Waals surface area contributed by atoms with Crippen LogP contribution in [0.25, 0.3) is 0 Å². The molecule has 2 fully saturated rings. The van der Waals surface area contributed by atoms with Crippen LogP contribution in [0.15, 0.2) is 24.3 Å². The highest BCUT2D eigenvalue weighted by molar-refractivity contribution is 5.92. The number of carbonyl (C=O) groups is 2. The van der Waals surface area contributed by atoms with Crippen molar-refractivity contribution < 1.29 is 14.3 Å². The average molecular weight is 359 g/mol. The first-order chi connectivity index (χ1) is 12.5. The first kappa shape index (κ1) is 18.7. The molecule has 142 valence electrons. The second-order valence-corrected chi connectivity index (χ2v) is 7.44. The number of carbonyl (C=O) groups excluding carboxylic acids is 2. The summed E-state index contributed by atoms with van der Waals surface area (Å²) in [6, 6.07) is 6.89. The van der Waals surface area contributed by atoms with Gasteiger partial charge in [0.15, 0.2) is 0 Å². The van der Waals surface area contributed by atoms with Gasteiger partial charge in [0.2, 0.25) is 11.8 Å². The molecule has 2 amide bonds. The molecule has 2 aliphatic rings. The first-order valence-electron chi connectivity index (χ1n) is 9.58. The molecule has 2 saturated heterocycles. The van der Waals surface area contributed by atoms with Crippen LogP contribution < -0.4 is 10.5 Å². The molecule has 2 N–H and O–H groups in total. The molecule has 0 aliphatic carbocycles. The molecule has 0 bridgehead atoms. The van der Waals surface area contributed by atoms with Gasteiger partial charge in [-0.15, -0.1) is 0 Å². The molecule has 1 unspecified atom stereocenters. The number of rotatable bonds is 8. The number of likely N-dealkylation sites (tertiary alicyclic amines) is 2. The van der Waals surface area contributed by atoms with Crippen LogP contribution in [0.3, 0.4) is 0 Å². The molecule has 0 aromatic heterocycles. The highest BCUT2D eigenvalue weighted by Gasteiger charge is 2.49. The molecule has 6 heteroatoms. The number of benzene rings is 1. The lowest BCUT2D eigenvalue weighted by Gasteiger charge is -2.23. The summed E-state index contributed by atoms with van der Waals surface area (Å²) in [7, 11) is 0. The van der Waals surface area contributed by atoms with Crippen LogP contribution in [0.5, 0.6) is 5.75 Å². The third kappa shape index (κ3) is 4.01. The average Bonchev–Trinajstić information content (AvgIpc) is 3.19. The van der Waals surface area contributed by atoms with E-state index in [0.717, 1.165) is 64.2 Å². The lowest BCUT2D eigenvalue weighted by atomic mass is 9.85. The lowest BCUT2D eigenvalue weighted by Crippen LogP contribution is -2.37. The van der Waals surface area contributed by atoms with Crippen molar-refractivity contribution in [3.63, 3.8) is 0 Å². The van der Waals surface area contributed by atoms with Gasteiger partial charge in [0, 0.05) is 31.7 Å². The van der Waals surface area contributed by atoms with Crippen molar-refractivity contribution in [2.75, 3.05) is 39.3 Å². The fourth-order valence-electron chi connectivity index (χ4n) is 4.10. The van der Waals surface area contributed by atoms with Crippen molar-refractivity contribution in [2.24, 2.45) is 11.1 Å². The van der Waals surface area contributed by atoms with Crippen LogP contribution in [-0.2, 0) is 4.79 Å². The monoisotopic (exact) mass is 359 g/mol. The Morgan fingerprint density at radius 2 is 1.92 bits per heavy atom. The van der Waals surface area contributed by atoms with Gasteiger partial charge in [-0.1, -0.05) is 6.92 Å². The highest BCUT2D eigenvalue weighted by Crippen LogP contribution is 2.40. The second kappa shape index (κ2) is 8.08. The van der Waals surface area contributed by atoms with Crippen LogP contribution >= 0.6 is 0 Å². The van der Waals surface area contributed by atoms with Gasteiger partial charge in [-0.25, -0.2) is 0 Å². The molecule has 3 rings (SSSR count). The quantitative estimate of drug-likeness (QED) is 0.719. The van der Waals surface area contributed by atoms with Gasteiger partial charge in [0.25, 0.3) is 0 Å². The Morgan fingerprint density at radius 1 is 1.19 bits per heavy atom. The lowest BCUT2D eigenvalue weighted by molar-refractivity contribution is -0.135. The summed E-state index contributed by atoms with van der Waals surface area (Å²) < 4.78 is 5.73. The molecule has 6 nitrogen and oxygen atoms in total. The summed E-state index contributed by atoms with van der Waals surface area (Å²) in [6.45, 7) is 7.39. The smallest absolute Gasteiger partial charge is 0.248 e. The minimum atomic E-state index is -0.432. The Morgan fingerprint density at radius 3 is 2.62 bits per heavy atom. The maximum atomic E-state index is 12.7. The third-order valence-electron chi connectivity index (χ3n) is 5.55. The van der Waals surface area contributed by atoms with Gasteiger partial charge in [-0.3, -0.25) is 9.59 Å². The van der Waals surface area contributed by atoms with E-state index in [1.54, 1.807) is 24.3 Å². The molecule has 1 spiro atoms. The fraction of sp³-hybridized carbons (Fsp3) is 0.600. The van der Waals surface area contributed by atoms with E-state index >= 15 is 0 Å². The maximum Gasteiger partial charge on any atom is 0.248 e. The van der Waals surface area contributed by atoms with E-state index in [1.807, 2.05) is 4.90 Å². The van der Waals surface area contributed by atoms with Crippen LogP contribution in [-0.4, -0.2) is 60.9 Å². The Kier molecular flexibility index (Phi) is 5.81. The normalized spacial score (nSPS) is 23.1. The van der Waals surface area contributed by atoms with E-state index in [0.29, 0.717) is 18.1 Å². The van der Waals surface area contributed by atoms with Crippen molar-refractivity contribution >= 4 is 11.8 Å². The van der Waals surface area contributed by atoms with Gasteiger partial charge in [-0.2, -0.15) is 0 Å². The number of nitrogens with zero attached hydrogens (tertiary/aromatic N) is 2. The van der Waals surface area contributed by atoms with Crippen LogP contribution in [0, 0.1) is 5.41 Å². The number of hydrogen-bond donors (Lipinski definition) is 1. The molecule has 0 radical (unpaired) electrons. The van der Waals surface area contributed by atoms with Gasteiger partial charge in [-0.05, 0) is 56.5 Å². The molecule has 2 heterocycles. The number of hydrogen-bond acceptors (Lipinski definition) is 4. The number of amides is 2. The summed E-state index contributed by atoms with van der Waals surface area (Å²) in [5.74, 6) is 0.681. The number of ether oxygens (including phenoxy) is 1. The predicted molar refractivity (Wildman–Crippen MR) is 100 cm³/mol. The second-order valence-electron chi connectivity index (χ2n) is 7.44. The summed E-state index contributed by atoms with van der Waals surface area (Å²) in [4.78, 5) is 28.2. The topological polar surface area (TPSA) is 75.9 Å². The number of primary amides is 1. The molecule has 1 aromatic carbocycles. The van der Waals surface area contributed by atoms with Crippen molar-refractivity contribution in [3.05, 3.63) is 29.8 Å². The van der Waals surface area contributed by atoms with Crippen molar-refractivity contribution in [1.82, 2.24) is 9.80 Å². The Bertz CT molecular complexity index is 646. The zero-order valence-corrected chi connectivity index (χ0v) is 15.6. The minimum Gasteiger partial charge on any atom is -0.494 e. The highest BCUT2D eigenvalue weighted by atomic mass is 16.5. The van der Waals surface area contributed by atoms with Gasteiger partial charge >= 0.3 is 0 Å². The maximum absolute atomic E-state index is 12.7. The Labute approximate surface area is 155 Å². The molecule has 26 heavy (non-hydrogen) atoms. The molecular weight excluding hydrogens is 330 g/mol. The predicted octanol–water partition coefficient (Wildman–Crippen LogP) is 1.89. The minimum absolute atomic E-state index is 0.124. The molecular formula is C20H29N3O3. The molecule has 1 atom stereocenters. The van der Waals surface area contributed by atoms with Crippen LogP contribution in [0.1, 0.15) is 43.0 Å². The van der Waals surface area contributed by atoms with E-state index in [1.165, 1.54) is 0 Å². The molecule has 0 saturated carbocycles. The van der Waals surface area contributed by atoms with Crippen LogP contribution in [0.4, 0.5) is 0 Å². The molecule has 2 aliphatic heterocycles. The van der Waals surface area contributed by atoms with Gasteiger partial charge in [0.05, 0.1) is 12.0 Å². The van der Waals surface area contributed by atoms with Crippen molar-refractivity contribution in [3.8, 4) is 5.75 Å². The largest absolute Gasteiger partial charge is 0.494 e. The van der Waals surface area contributed by atoms with Crippen molar-refractivity contribution in [2.45, 2.75) is 32.6 Å². The van der Waals surface area contributed by atoms with E-state index in [9.17, 15) is 9.59 Å². The van der Waals surface area contributed by atoms with Gasteiger partial charge < -0.3 is 20.3 Å². The van der Waals surface area contributed by atoms with E-state index in [4.69, 9.17) is 10.5 Å². The van der Waals surface area contributed by atoms with E-state index in [2.05, 4.69) is 11.8 Å². The zero-order valence-electron chi connectivity index (χ0n) is 15.6. The summed E-state index contributed by atoms with van der Waals surface area (Å²) in [5, 5.41) is 0. The fourth-order valence-corrected chi connectivity index (χ4v) is 4.10. The molecule has 1 aromatic rings. The van der Waals surface area contributed by atoms with E-state index < -0.39 is 5.91 Å². The zero-order chi connectivity index (χ0) is 18.6. The number of nitrogens with two attached hydrogens (primary N) is 1. The third-order valence-corrected chi connectivity index (χ3v) is 5.55. The first-order valence-corrected chi connectivity index (χ1v) is 9.58.